The van der Waals surface area contributed by atoms with Crippen molar-refractivity contribution in [1.29, 1.82) is 0 Å². The highest BCUT2D eigenvalue weighted by Gasteiger charge is 2.33. The molecule has 106 valence electrons. The quantitative estimate of drug-likeness (QED) is 0.648. The Balaban J connectivity index is 2.76. The average Bonchev–Trinajstić information content (AvgIpc) is 2.78. The van der Waals surface area contributed by atoms with Crippen molar-refractivity contribution in [3.8, 4) is 0 Å². The molecule has 0 aliphatic heterocycles. The zero-order valence-corrected chi connectivity index (χ0v) is 11.3. The molecule has 0 atom stereocenters. The van der Waals surface area contributed by atoms with Gasteiger partial charge in [-0.15, -0.1) is 0 Å². The minimum absolute atomic E-state index is 0.0144. The van der Waals surface area contributed by atoms with E-state index in [1.807, 2.05) is 13.8 Å². The molecule has 1 aromatic heterocycles. The molecule has 5 N–H and O–H groups in total. The van der Waals surface area contributed by atoms with Crippen LogP contribution in [-0.2, 0) is 16.1 Å². The van der Waals surface area contributed by atoms with Crippen LogP contribution in [0.15, 0.2) is 12.3 Å². The molecule has 0 aliphatic rings. The Kier molecular flexibility index (Phi) is 5.05. The molecule has 0 saturated heterocycles. The second-order valence-electron chi connectivity index (χ2n) is 4.51. The Morgan fingerprint density at radius 1 is 1.42 bits per heavy atom. The van der Waals surface area contributed by atoms with Crippen LogP contribution in [0.3, 0.4) is 0 Å². The summed E-state index contributed by atoms with van der Waals surface area (Å²) in [6.07, 6.45) is 2.91. The van der Waals surface area contributed by atoms with Crippen LogP contribution in [0.25, 0.3) is 0 Å². The van der Waals surface area contributed by atoms with E-state index in [1.165, 1.54) is 4.68 Å². The highest BCUT2D eigenvalue weighted by atomic mass is 16.2. The fourth-order valence-corrected chi connectivity index (χ4v) is 1.88. The number of nitrogens with zero attached hydrogens (tertiary/aromatic N) is 2. The van der Waals surface area contributed by atoms with Crippen molar-refractivity contribution in [3.05, 3.63) is 12.3 Å². The fourth-order valence-electron chi connectivity index (χ4n) is 1.88. The van der Waals surface area contributed by atoms with Crippen molar-refractivity contribution >= 4 is 17.6 Å². The largest absolute Gasteiger partial charge is 0.368 e. The topological polar surface area (TPSA) is 116 Å². The Labute approximate surface area is 112 Å². The highest BCUT2D eigenvalue weighted by molar-refractivity contribution is 5.94. The van der Waals surface area contributed by atoms with Gasteiger partial charge in [0.25, 0.3) is 0 Å². The number of carbonyl (C=O) groups excluding carboxylic acids is 2. The van der Waals surface area contributed by atoms with E-state index in [2.05, 4.69) is 10.4 Å². The van der Waals surface area contributed by atoms with Crippen LogP contribution in [0.5, 0.6) is 0 Å². The molecule has 0 aliphatic carbocycles. The number of carbonyl (C=O) groups is 2. The van der Waals surface area contributed by atoms with E-state index in [9.17, 15) is 9.59 Å². The Morgan fingerprint density at radius 2 is 2.05 bits per heavy atom. The van der Waals surface area contributed by atoms with Crippen molar-refractivity contribution in [2.75, 3.05) is 11.9 Å². The van der Waals surface area contributed by atoms with E-state index in [0.29, 0.717) is 18.7 Å². The lowest BCUT2D eigenvalue weighted by Crippen LogP contribution is -2.41. The van der Waals surface area contributed by atoms with Gasteiger partial charge in [-0.05, 0) is 12.8 Å². The summed E-state index contributed by atoms with van der Waals surface area (Å²) in [5, 5.41) is 6.78. The lowest BCUT2D eigenvalue weighted by molar-refractivity contribution is -0.125. The van der Waals surface area contributed by atoms with E-state index in [-0.39, 0.29) is 19.0 Å². The molecule has 1 rings (SSSR count). The summed E-state index contributed by atoms with van der Waals surface area (Å²) in [6, 6.07) is 1.62. The van der Waals surface area contributed by atoms with Gasteiger partial charge in [0.15, 0.2) is 5.82 Å². The molecule has 1 heterocycles. The number of aromatic nitrogens is 2. The van der Waals surface area contributed by atoms with Gasteiger partial charge < -0.3 is 16.8 Å². The third-order valence-electron chi connectivity index (χ3n) is 3.43. The first-order valence-corrected chi connectivity index (χ1v) is 6.30. The van der Waals surface area contributed by atoms with Crippen LogP contribution >= 0.6 is 0 Å². The molecule has 0 saturated carbocycles. The zero-order chi connectivity index (χ0) is 14.5. The van der Waals surface area contributed by atoms with E-state index in [0.717, 1.165) is 0 Å². The molecule has 19 heavy (non-hydrogen) atoms. The SMILES string of the molecule is CCC(CC)(CN)C(=O)Nc1ccn(CC(N)=O)n1. The molecule has 0 radical (unpaired) electrons. The van der Waals surface area contributed by atoms with Gasteiger partial charge in [-0.1, -0.05) is 13.8 Å². The molecule has 0 aromatic carbocycles. The third-order valence-corrected chi connectivity index (χ3v) is 3.43. The van der Waals surface area contributed by atoms with Crippen LogP contribution < -0.4 is 16.8 Å². The van der Waals surface area contributed by atoms with E-state index in [1.54, 1.807) is 12.3 Å². The van der Waals surface area contributed by atoms with Gasteiger partial charge in [-0.25, -0.2) is 0 Å². The van der Waals surface area contributed by atoms with Crippen LogP contribution in [0.4, 0.5) is 5.82 Å². The lowest BCUT2D eigenvalue weighted by Gasteiger charge is -2.27. The molecule has 7 nitrogen and oxygen atoms in total. The van der Waals surface area contributed by atoms with Crippen LogP contribution in [0.1, 0.15) is 26.7 Å². The number of rotatable bonds is 7. The molecule has 1 aromatic rings. The van der Waals surface area contributed by atoms with E-state index >= 15 is 0 Å². The summed E-state index contributed by atoms with van der Waals surface area (Å²) < 4.78 is 1.37. The minimum Gasteiger partial charge on any atom is -0.368 e. The normalized spacial score (nSPS) is 11.3. The number of primary amides is 1. The lowest BCUT2D eigenvalue weighted by atomic mass is 9.81. The number of hydrogen-bond acceptors (Lipinski definition) is 4. The van der Waals surface area contributed by atoms with E-state index < -0.39 is 11.3 Å². The molecular weight excluding hydrogens is 246 g/mol. The summed E-state index contributed by atoms with van der Waals surface area (Å²) in [5.41, 5.74) is 10.2. The predicted octanol–water partition coefficient (Wildman–Crippen LogP) is 0.0720. The molecule has 7 heteroatoms. The molecule has 0 unspecified atom stereocenters. The number of nitrogens with two attached hydrogens (primary N) is 2. The van der Waals surface area contributed by atoms with Crippen LogP contribution in [0, 0.1) is 5.41 Å². The summed E-state index contributed by atoms with van der Waals surface area (Å²) in [7, 11) is 0. The van der Waals surface area contributed by atoms with Crippen LogP contribution in [0.2, 0.25) is 0 Å². The van der Waals surface area contributed by atoms with Crippen molar-refractivity contribution in [3.63, 3.8) is 0 Å². The summed E-state index contributed by atoms with van der Waals surface area (Å²) in [6.45, 7) is 4.14. The molecule has 0 spiro atoms. The van der Waals surface area contributed by atoms with Gasteiger partial charge in [0.05, 0.1) is 5.41 Å². The minimum atomic E-state index is -0.576. The first kappa shape index (κ1) is 15.2. The first-order valence-electron chi connectivity index (χ1n) is 6.30. The highest BCUT2D eigenvalue weighted by Crippen LogP contribution is 2.26. The molecule has 0 bridgehead atoms. The van der Waals surface area contributed by atoms with Crippen molar-refractivity contribution in [2.45, 2.75) is 33.2 Å². The van der Waals surface area contributed by atoms with Gasteiger partial charge >= 0.3 is 0 Å². The summed E-state index contributed by atoms with van der Waals surface area (Å²) >= 11 is 0. The second kappa shape index (κ2) is 6.33. The Morgan fingerprint density at radius 3 is 2.53 bits per heavy atom. The third kappa shape index (κ3) is 3.54. The summed E-state index contributed by atoms with van der Waals surface area (Å²) in [5.74, 6) is -0.241. The van der Waals surface area contributed by atoms with Gasteiger partial charge in [0, 0.05) is 18.8 Å². The molecule has 0 fully saturated rings. The smallest absolute Gasteiger partial charge is 0.239 e. The molecular formula is C12H21N5O2. The number of anilines is 1. The number of hydrogen-bond donors (Lipinski definition) is 3. The number of nitrogens with one attached hydrogen (secondary N) is 1. The van der Waals surface area contributed by atoms with Gasteiger partial charge in [-0.3, -0.25) is 14.3 Å². The maximum atomic E-state index is 12.2. The van der Waals surface area contributed by atoms with E-state index in [4.69, 9.17) is 11.5 Å². The average molecular weight is 267 g/mol. The zero-order valence-electron chi connectivity index (χ0n) is 11.3. The van der Waals surface area contributed by atoms with Gasteiger partial charge in [0.2, 0.25) is 11.8 Å². The Bertz CT molecular complexity index is 442. The number of amides is 2. The fraction of sp³-hybridized carbons (Fsp3) is 0.583. The standard InChI is InChI=1S/C12H21N5O2/c1-3-12(4-2,8-13)11(19)15-10-5-6-17(16-10)7-9(14)18/h5-6H,3-4,7-8,13H2,1-2H3,(H2,14,18)(H,15,16,19). The van der Waals surface area contributed by atoms with Gasteiger partial charge in [0.1, 0.15) is 6.54 Å². The monoisotopic (exact) mass is 267 g/mol. The summed E-state index contributed by atoms with van der Waals surface area (Å²) in [4.78, 5) is 23.0. The Hall–Kier alpha value is -1.89. The molecule has 2 amide bonds. The maximum Gasteiger partial charge on any atom is 0.239 e. The van der Waals surface area contributed by atoms with Crippen LogP contribution in [-0.4, -0.2) is 28.1 Å². The van der Waals surface area contributed by atoms with Gasteiger partial charge in [-0.2, -0.15) is 5.10 Å². The predicted molar refractivity (Wildman–Crippen MR) is 72.1 cm³/mol. The second-order valence-corrected chi connectivity index (χ2v) is 4.51. The van der Waals surface area contributed by atoms with Crippen molar-refractivity contribution < 1.29 is 9.59 Å². The van der Waals surface area contributed by atoms with Crippen molar-refractivity contribution in [1.82, 2.24) is 9.78 Å². The first-order chi connectivity index (χ1) is 8.97. The van der Waals surface area contributed by atoms with Crippen molar-refractivity contribution in [2.24, 2.45) is 16.9 Å². The maximum absolute atomic E-state index is 12.2.